The van der Waals surface area contributed by atoms with Gasteiger partial charge in [0.05, 0.1) is 4.92 Å². The van der Waals surface area contributed by atoms with E-state index in [2.05, 4.69) is 10.2 Å². The molecule has 0 amide bonds. The molecule has 0 spiro atoms. The summed E-state index contributed by atoms with van der Waals surface area (Å²) < 4.78 is 0. The molecule has 108 valence electrons. The maximum atomic E-state index is 10.5. The molecule has 5 heteroatoms. The minimum absolute atomic E-state index is 0.147. The third kappa shape index (κ3) is 5.70. The van der Waals surface area contributed by atoms with E-state index in [-0.39, 0.29) is 10.6 Å². The van der Waals surface area contributed by atoms with E-state index in [1.807, 2.05) is 39.8 Å². The zero-order valence-corrected chi connectivity index (χ0v) is 12.3. The Balaban J connectivity index is 0.000000741. The molecule has 1 aliphatic heterocycles. The van der Waals surface area contributed by atoms with Crippen molar-refractivity contribution in [2.75, 3.05) is 31.1 Å². The Labute approximate surface area is 115 Å². The summed E-state index contributed by atoms with van der Waals surface area (Å²) in [5, 5.41) is 13.7. The summed E-state index contributed by atoms with van der Waals surface area (Å²) in [7, 11) is 0. The number of rotatable bonds is 2. The molecule has 5 nitrogen and oxygen atoms in total. The van der Waals surface area contributed by atoms with Gasteiger partial charge in [-0.3, -0.25) is 10.1 Å². The summed E-state index contributed by atoms with van der Waals surface area (Å²) in [6.07, 6.45) is 0. The Hall–Kier alpha value is -1.62. The van der Waals surface area contributed by atoms with Crippen molar-refractivity contribution in [1.29, 1.82) is 0 Å². The van der Waals surface area contributed by atoms with Crippen molar-refractivity contribution < 1.29 is 4.92 Å². The van der Waals surface area contributed by atoms with Gasteiger partial charge >= 0.3 is 0 Å². The predicted octanol–water partition coefficient (Wildman–Crippen LogP) is 3.06. The van der Waals surface area contributed by atoms with Crippen LogP contribution in [0.15, 0.2) is 24.3 Å². The lowest BCUT2D eigenvalue weighted by molar-refractivity contribution is -0.384. The molecule has 1 N–H and O–H groups in total. The zero-order valence-electron chi connectivity index (χ0n) is 12.3. The molecule has 0 radical (unpaired) electrons. The summed E-state index contributed by atoms with van der Waals surface area (Å²) in [5.74, 6) is 0. The molecule has 1 aromatic carbocycles. The molecule has 1 fully saturated rings. The van der Waals surface area contributed by atoms with E-state index in [4.69, 9.17) is 0 Å². The van der Waals surface area contributed by atoms with Crippen molar-refractivity contribution in [3.63, 3.8) is 0 Å². The number of non-ortho nitro benzene ring substituents is 1. The summed E-state index contributed by atoms with van der Waals surface area (Å²) in [6, 6.07) is 6.72. The first-order chi connectivity index (χ1) is 9.27. The largest absolute Gasteiger partial charge is 0.369 e. The van der Waals surface area contributed by atoms with Crippen molar-refractivity contribution in [3.05, 3.63) is 34.4 Å². The van der Waals surface area contributed by atoms with Gasteiger partial charge in [0.1, 0.15) is 0 Å². The summed E-state index contributed by atoms with van der Waals surface area (Å²) in [6.45, 7) is 11.9. The fraction of sp³-hybridized carbons (Fsp3) is 0.571. The molecule has 2 rings (SSSR count). The Morgan fingerprint density at radius 1 is 1.05 bits per heavy atom. The fourth-order valence-corrected chi connectivity index (χ4v) is 1.71. The summed E-state index contributed by atoms with van der Waals surface area (Å²) >= 11 is 0. The number of nitro benzene ring substituents is 1. The fourth-order valence-electron chi connectivity index (χ4n) is 1.71. The number of nitro groups is 1. The maximum absolute atomic E-state index is 10.5. The van der Waals surface area contributed by atoms with Gasteiger partial charge in [-0.25, -0.2) is 0 Å². The molecule has 0 saturated carbocycles. The van der Waals surface area contributed by atoms with E-state index < -0.39 is 0 Å². The second-order valence-electron chi connectivity index (χ2n) is 3.51. The normalized spacial score (nSPS) is 13.6. The molecule has 0 atom stereocenters. The van der Waals surface area contributed by atoms with Crippen molar-refractivity contribution in [2.24, 2.45) is 0 Å². The van der Waals surface area contributed by atoms with Crippen LogP contribution < -0.4 is 10.2 Å². The van der Waals surface area contributed by atoms with E-state index in [1.54, 1.807) is 12.1 Å². The first-order valence-electron chi connectivity index (χ1n) is 6.97. The van der Waals surface area contributed by atoms with Gasteiger partial charge in [-0.15, -0.1) is 0 Å². The minimum atomic E-state index is -0.373. The molecule has 1 saturated heterocycles. The predicted molar refractivity (Wildman–Crippen MR) is 80.9 cm³/mol. The Kier molecular flexibility index (Phi) is 9.44. The van der Waals surface area contributed by atoms with E-state index in [9.17, 15) is 10.1 Å². The van der Waals surface area contributed by atoms with Crippen LogP contribution in [0, 0.1) is 10.1 Å². The van der Waals surface area contributed by atoms with Gasteiger partial charge in [-0.2, -0.15) is 0 Å². The third-order valence-electron chi connectivity index (χ3n) is 2.54. The molecule has 1 aliphatic rings. The first-order valence-corrected chi connectivity index (χ1v) is 6.97. The van der Waals surface area contributed by atoms with Crippen LogP contribution in [0.25, 0.3) is 0 Å². The number of piperazine rings is 1. The molecule has 0 unspecified atom stereocenters. The van der Waals surface area contributed by atoms with Crippen LogP contribution in [0.4, 0.5) is 11.4 Å². The van der Waals surface area contributed by atoms with Gasteiger partial charge in [0.15, 0.2) is 0 Å². The molecule has 0 aliphatic carbocycles. The van der Waals surface area contributed by atoms with Crippen LogP contribution in [-0.2, 0) is 0 Å². The lowest BCUT2D eigenvalue weighted by Gasteiger charge is -2.29. The highest BCUT2D eigenvalue weighted by Gasteiger charge is 2.11. The number of hydrogen-bond acceptors (Lipinski definition) is 4. The molecular weight excluding hydrogens is 242 g/mol. The van der Waals surface area contributed by atoms with Crippen molar-refractivity contribution in [2.45, 2.75) is 27.7 Å². The molecule has 1 heterocycles. The number of benzene rings is 1. The van der Waals surface area contributed by atoms with E-state index >= 15 is 0 Å². The monoisotopic (exact) mass is 267 g/mol. The quantitative estimate of drug-likeness (QED) is 0.661. The van der Waals surface area contributed by atoms with Gasteiger partial charge in [0, 0.05) is 44.0 Å². The summed E-state index contributed by atoms with van der Waals surface area (Å²) in [4.78, 5) is 12.3. The Morgan fingerprint density at radius 2 is 1.53 bits per heavy atom. The van der Waals surface area contributed by atoms with Gasteiger partial charge in [0.25, 0.3) is 5.69 Å². The SMILES string of the molecule is CC.CC.O=[N+]([O-])c1ccc(N2CCNCC2)cc1. The highest BCUT2D eigenvalue weighted by Crippen LogP contribution is 2.19. The highest BCUT2D eigenvalue weighted by atomic mass is 16.6. The average molecular weight is 267 g/mol. The lowest BCUT2D eigenvalue weighted by Crippen LogP contribution is -2.43. The van der Waals surface area contributed by atoms with Gasteiger partial charge in [-0.1, -0.05) is 27.7 Å². The first kappa shape index (κ1) is 17.4. The third-order valence-corrected chi connectivity index (χ3v) is 2.54. The molecule has 0 aromatic heterocycles. The van der Waals surface area contributed by atoms with Crippen molar-refractivity contribution >= 4 is 11.4 Å². The van der Waals surface area contributed by atoms with Gasteiger partial charge < -0.3 is 10.2 Å². The zero-order chi connectivity index (χ0) is 14.7. The number of anilines is 1. The van der Waals surface area contributed by atoms with E-state index in [0.717, 1.165) is 31.9 Å². The van der Waals surface area contributed by atoms with Gasteiger partial charge in [0.2, 0.25) is 0 Å². The van der Waals surface area contributed by atoms with E-state index in [1.165, 1.54) is 0 Å². The number of nitrogens with zero attached hydrogens (tertiary/aromatic N) is 2. The Bertz CT molecular complexity index is 346. The number of nitrogens with one attached hydrogen (secondary N) is 1. The smallest absolute Gasteiger partial charge is 0.269 e. The van der Waals surface area contributed by atoms with Crippen LogP contribution >= 0.6 is 0 Å². The minimum Gasteiger partial charge on any atom is -0.369 e. The maximum Gasteiger partial charge on any atom is 0.269 e. The van der Waals surface area contributed by atoms with Crippen LogP contribution in [0.3, 0.4) is 0 Å². The van der Waals surface area contributed by atoms with Crippen molar-refractivity contribution in [3.8, 4) is 0 Å². The second-order valence-corrected chi connectivity index (χ2v) is 3.51. The molecule has 0 bridgehead atoms. The van der Waals surface area contributed by atoms with Crippen LogP contribution in [0.5, 0.6) is 0 Å². The number of hydrogen-bond donors (Lipinski definition) is 1. The van der Waals surface area contributed by atoms with Crippen LogP contribution in [0.1, 0.15) is 27.7 Å². The average Bonchev–Trinajstić information content (AvgIpc) is 2.52. The molecular formula is C14H25N3O2. The van der Waals surface area contributed by atoms with E-state index in [0.29, 0.717) is 0 Å². The summed E-state index contributed by atoms with van der Waals surface area (Å²) in [5.41, 5.74) is 1.20. The highest BCUT2D eigenvalue weighted by molar-refractivity contribution is 5.51. The standard InChI is InChI=1S/C10H13N3O2.2C2H6/c14-13(15)10-3-1-9(2-4-10)12-7-5-11-6-8-12;2*1-2/h1-4,11H,5-8H2;2*1-2H3. The topological polar surface area (TPSA) is 58.4 Å². The lowest BCUT2D eigenvalue weighted by atomic mass is 10.2. The Morgan fingerprint density at radius 3 is 1.95 bits per heavy atom. The second kappa shape index (κ2) is 10.3. The molecule has 1 aromatic rings. The van der Waals surface area contributed by atoms with Crippen LogP contribution in [-0.4, -0.2) is 31.1 Å². The molecule has 19 heavy (non-hydrogen) atoms. The van der Waals surface area contributed by atoms with Crippen LogP contribution in [0.2, 0.25) is 0 Å². The van der Waals surface area contributed by atoms with Crippen molar-refractivity contribution in [1.82, 2.24) is 5.32 Å². The van der Waals surface area contributed by atoms with Gasteiger partial charge in [-0.05, 0) is 12.1 Å².